The number of pyridine rings is 1. The molecule has 2 unspecified atom stereocenters. The summed E-state index contributed by atoms with van der Waals surface area (Å²) in [6.07, 6.45) is 5.20. The van der Waals surface area contributed by atoms with E-state index in [4.69, 9.17) is 0 Å². The molecule has 116 valence electrons. The van der Waals surface area contributed by atoms with Crippen LogP contribution in [0.5, 0.6) is 0 Å². The molecular formula is C18H16N2O3. The number of amides is 2. The molecule has 4 rings (SSSR count). The Balaban J connectivity index is 1.73. The number of allylic oxidation sites excluding steroid dienone is 2. The highest BCUT2D eigenvalue weighted by atomic mass is 16.2. The van der Waals surface area contributed by atoms with Crippen molar-refractivity contribution in [1.82, 2.24) is 9.88 Å². The maximum atomic E-state index is 12.6. The monoisotopic (exact) mass is 308 g/mol. The highest BCUT2D eigenvalue weighted by Gasteiger charge is 2.47. The molecule has 2 amide bonds. The van der Waals surface area contributed by atoms with Gasteiger partial charge in [0.15, 0.2) is 0 Å². The van der Waals surface area contributed by atoms with Gasteiger partial charge in [0, 0.05) is 17.0 Å². The first-order valence-electron chi connectivity index (χ1n) is 7.76. The lowest BCUT2D eigenvalue weighted by Crippen LogP contribution is -2.31. The zero-order valence-electron chi connectivity index (χ0n) is 12.5. The van der Waals surface area contributed by atoms with Gasteiger partial charge in [-0.25, -0.2) is 0 Å². The molecule has 2 aliphatic rings. The fraction of sp³-hybridized carbons (Fsp3) is 0.278. The second kappa shape index (κ2) is 5.19. The number of fused-ring (bicyclic) bond motifs is 2. The minimum absolute atomic E-state index is 0.117. The van der Waals surface area contributed by atoms with E-state index in [1.807, 2.05) is 36.4 Å². The lowest BCUT2D eigenvalue weighted by Gasteiger charge is -2.16. The van der Waals surface area contributed by atoms with E-state index in [1.54, 1.807) is 0 Å². The molecular weight excluding hydrogens is 292 g/mol. The van der Waals surface area contributed by atoms with Gasteiger partial charge in [0.2, 0.25) is 17.4 Å². The molecule has 1 aliphatic heterocycles. The number of rotatable bonds is 2. The van der Waals surface area contributed by atoms with Gasteiger partial charge >= 0.3 is 0 Å². The van der Waals surface area contributed by atoms with Crippen molar-refractivity contribution in [2.75, 3.05) is 0 Å². The fourth-order valence-electron chi connectivity index (χ4n) is 3.60. The van der Waals surface area contributed by atoms with Crippen LogP contribution >= 0.6 is 0 Å². The van der Waals surface area contributed by atoms with Crippen LogP contribution in [-0.4, -0.2) is 21.7 Å². The van der Waals surface area contributed by atoms with Crippen LogP contribution in [0.2, 0.25) is 0 Å². The Hall–Kier alpha value is -2.69. The van der Waals surface area contributed by atoms with E-state index < -0.39 is 0 Å². The summed E-state index contributed by atoms with van der Waals surface area (Å²) in [5.74, 6) is -0.705. The summed E-state index contributed by atoms with van der Waals surface area (Å²) in [5.41, 5.74) is 1.20. The van der Waals surface area contributed by atoms with E-state index in [0.29, 0.717) is 23.9 Å². The normalized spacial score (nSPS) is 23.6. The van der Waals surface area contributed by atoms with E-state index in [2.05, 4.69) is 4.98 Å². The Morgan fingerprint density at radius 2 is 1.65 bits per heavy atom. The number of carbonyl (C=O) groups excluding carboxylic acids is 2. The smallest absolute Gasteiger partial charge is 0.248 e. The van der Waals surface area contributed by atoms with Crippen LogP contribution in [0.25, 0.3) is 10.9 Å². The van der Waals surface area contributed by atoms with Gasteiger partial charge in [0.25, 0.3) is 0 Å². The number of H-pyrrole nitrogens is 1. The quantitative estimate of drug-likeness (QED) is 0.681. The Morgan fingerprint density at radius 3 is 2.35 bits per heavy atom. The van der Waals surface area contributed by atoms with Crippen molar-refractivity contribution in [3.8, 4) is 0 Å². The van der Waals surface area contributed by atoms with E-state index in [9.17, 15) is 14.4 Å². The molecule has 2 aromatic rings. The number of nitrogens with zero attached hydrogens (tertiary/aromatic N) is 1. The van der Waals surface area contributed by atoms with Gasteiger partial charge in [-0.2, -0.15) is 0 Å². The summed E-state index contributed by atoms with van der Waals surface area (Å²) in [7, 11) is 0. The SMILES string of the molecule is O=C1C2CC=CCC2C(=O)N1Cc1cc(=O)[nH]c2ccccc12. The third kappa shape index (κ3) is 2.20. The number of nitrogens with one attached hydrogen (secondary N) is 1. The van der Waals surface area contributed by atoms with Crippen molar-refractivity contribution in [2.24, 2.45) is 11.8 Å². The van der Waals surface area contributed by atoms with Gasteiger partial charge in [0.1, 0.15) is 0 Å². The zero-order valence-corrected chi connectivity index (χ0v) is 12.5. The standard InChI is InChI=1S/C18H16N2O3/c21-16-9-11(12-5-3-4-8-15(12)19-16)10-20-17(22)13-6-1-2-7-14(13)18(20)23/h1-5,8-9,13-14H,6-7,10H2,(H,19,21). The van der Waals surface area contributed by atoms with E-state index in [-0.39, 0.29) is 35.8 Å². The van der Waals surface area contributed by atoms with Gasteiger partial charge in [-0.3, -0.25) is 19.3 Å². The molecule has 1 saturated heterocycles. The molecule has 1 aromatic heterocycles. The third-order valence-corrected chi connectivity index (χ3v) is 4.76. The molecule has 0 spiro atoms. The van der Waals surface area contributed by atoms with Gasteiger partial charge in [-0.05, 0) is 24.5 Å². The Morgan fingerprint density at radius 1 is 1.00 bits per heavy atom. The second-order valence-corrected chi connectivity index (χ2v) is 6.12. The van der Waals surface area contributed by atoms with Gasteiger partial charge in [0.05, 0.1) is 18.4 Å². The van der Waals surface area contributed by atoms with Crippen molar-refractivity contribution in [3.63, 3.8) is 0 Å². The number of aromatic amines is 1. The summed E-state index contributed by atoms with van der Waals surface area (Å²) in [6.45, 7) is 0.162. The van der Waals surface area contributed by atoms with Crippen LogP contribution in [-0.2, 0) is 16.1 Å². The molecule has 5 nitrogen and oxygen atoms in total. The summed E-state index contributed by atoms with van der Waals surface area (Å²) >= 11 is 0. The number of imide groups is 1. The van der Waals surface area contributed by atoms with Crippen LogP contribution in [0.4, 0.5) is 0 Å². The lowest BCUT2D eigenvalue weighted by atomic mass is 9.85. The van der Waals surface area contributed by atoms with E-state index in [0.717, 1.165) is 5.39 Å². The number of likely N-dealkylation sites (tertiary alicyclic amines) is 1. The highest BCUT2D eigenvalue weighted by molar-refractivity contribution is 6.05. The first-order valence-corrected chi connectivity index (χ1v) is 7.76. The van der Waals surface area contributed by atoms with E-state index in [1.165, 1.54) is 11.0 Å². The first kappa shape index (κ1) is 13.9. The molecule has 0 saturated carbocycles. The average Bonchev–Trinajstić information content (AvgIpc) is 2.80. The molecule has 0 radical (unpaired) electrons. The molecule has 1 fully saturated rings. The molecule has 1 N–H and O–H groups in total. The third-order valence-electron chi connectivity index (χ3n) is 4.76. The number of benzene rings is 1. The molecule has 23 heavy (non-hydrogen) atoms. The van der Waals surface area contributed by atoms with Crippen LogP contribution in [0.3, 0.4) is 0 Å². The summed E-state index contributed by atoms with van der Waals surface area (Å²) in [4.78, 5) is 41.1. The molecule has 1 aliphatic carbocycles. The molecule has 2 atom stereocenters. The number of hydrogen-bond acceptors (Lipinski definition) is 3. The van der Waals surface area contributed by atoms with Crippen molar-refractivity contribution in [3.05, 3.63) is 58.4 Å². The molecule has 2 heterocycles. The molecule has 0 bridgehead atoms. The maximum absolute atomic E-state index is 12.6. The average molecular weight is 308 g/mol. The van der Waals surface area contributed by atoms with Crippen molar-refractivity contribution >= 4 is 22.7 Å². The fourth-order valence-corrected chi connectivity index (χ4v) is 3.60. The number of para-hydroxylation sites is 1. The van der Waals surface area contributed by atoms with Crippen molar-refractivity contribution in [2.45, 2.75) is 19.4 Å². The molecule has 1 aromatic carbocycles. The molecule has 5 heteroatoms. The number of aromatic nitrogens is 1. The van der Waals surface area contributed by atoms with Gasteiger partial charge < -0.3 is 4.98 Å². The number of carbonyl (C=O) groups is 2. The topological polar surface area (TPSA) is 70.2 Å². The summed E-state index contributed by atoms with van der Waals surface area (Å²) in [5, 5.41) is 0.862. The van der Waals surface area contributed by atoms with Crippen LogP contribution in [0, 0.1) is 11.8 Å². The van der Waals surface area contributed by atoms with Crippen molar-refractivity contribution < 1.29 is 9.59 Å². The minimum Gasteiger partial charge on any atom is -0.322 e. The van der Waals surface area contributed by atoms with Gasteiger partial charge in [-0.15, -0.1) is 0 Å². The van der Waals surface area contributed by atoms with Crippen LogP contribution in [0.15, 0.2) is 47.3 Å². The predicted molar refractivity (Wildman–Crippen MR) is 85.5 cm³/mol. The number of hydrogen-bond donors (Lipinski definition) is 1. The first-order chi connectivity index (χ1) is 11.1. The largest absolute Gasteiger partial charge is 0.322 e. The minimum atomic E-state index is -0.235. The van der Waals surface area contributed by atoms with Crippen LogP contribution < -0.4 is 5.56 Å². The van der Waals surface area contributed by atoms with E-state index >= 15 is 0 Å². The Labute approximate surface area is 132 Å². The summed E-state index contributed by atoms with van der Waals surface area (Å²) < 4.78 is 0. The predicted octanol–water partition coefficient (Wildman–Crippen LogP) is 1.98. The maximum Gasteiger partial charge on any atom is 0.248 e. The second-order valence-electron chi connectivity index (χ2n) is 6.12. The zero-order chi connectivity index (χ0) is 16.0. The Kier molecular flexibility index (Phi) is 3.15. The Bertz CT molecular complexity index is 871. The van der Waals surface area contributed by atoms with Crippen molar-refractivity contribution in [1.29, 1.82) is 0 Å². The van der Waals surface area contributed by atoms with Crippen LogP contribution in [0.1, 0.15) is 18.4 Å². The lowest BCUT2D eigenvalue weighted by molar-refractivity contribution is -0.140. The van der Waals surface area contributed by atoms with Gasteiger partial charge in [-0.1, -0.05) is 30.4 Å². The summed E-state index contributed by atoms with van der Waals surface area (Å²) in [6, 6.07) is 8.90. The highest BCUT2D eigenvalue weighted by Crippen LogP contribution is 2.36.